The number of rotatable bonds is 8. The van der Waals surface area contributed by atoms with Crippen molar-refractivity contribution in [3.63, 3.8) is 0 Å². The number of amides is 3. The Hall–Kier alpha value is -3.46. The van der Waals surface area contributed by atoms with E-state index in [1.54, 1.807) is 38.4 Å². The summed E-state index contributed by atoms with van der Waals surface area (Å²) in [4.78, 5) is 46.0. The van der Waals surface area contributed by atoms with E-state index >= 15 is 0 Å². The normalized spacial score (nSPS) is 13.7. The van der Waals surface area contributed by atoms with Gasteiger partial charge in [-0.2, -0.15) is 4.68 Å². The van der Waals surface area contributed by atoms with Gasteiger partial charge in [-0.05, 0) is 29.4 Å². The Morgan fingerprint density at radius 1 is 0.892 bits per heavy atom. The molecule has 0 N–H and O–H groups in total. The summed E-state index contributed by atoms with van der Waals surface area (Å²) in [6.07, 6.45) is 0.767. The minimum Gasteiger partial charge on any atom is -0.329 e. The third-order valence-electron chi connectivity index (χ3n) is 6.20. The molecular weight excluding hydrogens is 486 g/mol. The van der Waals surface area contributed by atoms with Crippen LogP contribution in [0, 0.1) is 10.8 Å². The Balaban J connectivity index is 1.46. The first kappa shape index (κ1) is 26.6. The lowest BCUT2D eigenvalue weighted by Crippen LogP contribution is -2.40. The molecule has 0 aliphatic carbocycles. The highest BCUT2D eigenvalue weighted by Gasteiger charge is 2.40. The largest absolute Gasteiger partial charge is 0.346 e. The number of carbonyl (C=O) groups excluding carboxylic acids is 3. The summed E-state index contributed by atoms with van der Waals surface area (Å²) in [6, 6.07) is 16.3. The molecule has 8 nitrogen and oxygen atoms in total. The van der Waals surface area contributed by atoms with Crippen molar-refractivity contribution >= 4 is 29.6 Å². The van der Waals surface area contributed by atoms with Gasteiger partial charge < -0.3 is 4.90 Å². The smallest absolute Gasteiger partial charge is 0.329 e. The molecule has 0 saturated carbocycles. The van der Waals surface area contributed by atoms with Crippen LogP contribution in [0.4, 0.5) is 4.79 Å². The van der Waals surface area contributed by atoms with E-state index in [0.29, 0.717) is 34.4 Å². The van der Waals surface area contributed by atoms with Crippen LogP contribution in [0.5, 0.6) is 0 Å². The van der Waals surface area contributed by atoms with Gasteiger partial charge in [-0.25, -0.2) is 9.78 Å². The van der Waals surface area contributed by atoms with Gasteiger partial charge in [-0.1, -0.05) is 81.9 Å². The summed E-state index contributed by atoms with van der Waals surface area (Å²) in [5, 5.41) is 5.04. The second kappa shape index (κ2) is 10.1. The molecule has 194 valence electrons. The zero-order chi connectivity index (χ0) is 27.0. The van der Waals surface area contributed by atoms with E-state index < -0.39 is 0 Å². The van der Waals surface area contributed by atoms with E-state index in [9.17, 15) is 14.4 Å². The van der Waals surface area contributed by atoms with Gasteiger partial charge in [0.15, 0.2) is 5.82 Å². The molecule has 1 aliphatic rings. The Bertz CT molecular complexity index is 1300. The molecule has 1 aliphatic heterocycles. The molecule has 3 aromatic rings. The van der Waals surface area contributed by atoms with Gasteiger partial charge >= 0.3 is 6.03 Å². The van der Waals surface area contributed by atoms with Gasteiger partial charge in [-0.15, -0.1) is 5.10 Å². The first-order chi connectivity index (χ1) is 17.4. The Labute approximate surface area is 222 Å². The third kappa shape index (κ3) is 5.77. The number of imide groups is 1. The predicted molar refractivity (Wildman–Crippen MR) is 145 cm³/mol. The van der Waals surface area contributed by atoms with Crippen LogP contribution in [0.15, 0.2) is 59.8 Å². The summed E-state index contributed by atoms with van der Waals surface area (Å²) in [6.45, 7) is 8.82. The minimum atomic E-state index is -0.305. The first-order valence-electron chi connectivity index (χ1n) is 12.2. The van der Waals surface area contributed by atoms with Gasteiger partial charge in [0.25, 0.3) is 11.8 Å². The molecule has 2 heterocycles. The van der Waals surface area contributed by atoms with Gasteiger partial charge in [0.1, 0.15) is 0 Å². The number of hydrogen-bond donors (Lipinski definition) is 0. The fourth-order valence-corrected chi connectivity index (χ4v) is 5.84. The third-order valence-corrected chi connectivity index (χ3v) is 7.55. The Morgan fingerprint density at radius 3 is 2.03 bits per heavy atom. The molecule has 2 aromatic carbocycles. The molecule has 0 atom stereocenters. The van der Waals surface area contributed by atoms with Crippen molar-refractivity contribution in [2.24, 2.45) is 10.8 Å². The Kier molecular flexibility index (Phi) is 7.28. The van der Waals surface area contributed by atoms with Crippen molar-refractivity contribution in [2.45, 2.75) is 39.3 Å². The predicted octanol–water partition coefficient (Wildman–Crippen LogP) is 5.31. The number of thioether (sulfide) groups is 1. The highest BCUT2D eigenvalue weighted by molar-refractivity contribution is 7.99. The summed E-state index contributed by atoms with van der Waals surface area (Å²) < 4.78 is 1.34. The first-order valence-corrected chi connectivity index (χ1v) is 13.2. The van der Waals surface area contributed by atoms with Crippen LogP contribution < -0.4 is 0 Å². The van der Waals surface area contributed by atoms with Crippen molar-refractivity contribution in [3.05, 3.63) is 65.7 Å². The van der Waals surface area contributed by atoms with Gasteiger partial charge in [0, 0.05) is 32.0 Å². The van der Waals surface area contributed by atoms with E-state index in [0.717, 1.165) is 12.0 Å². The number of carbonyl (C=O) groups is 3. The second-order valence-electron chi connectivity index (χ2n) is 11.2. The van der Waals surface area contributed by atoms with Gasteiger partial charge in [-0.3, -0.25) is 14.5 Å². The van der Waals surface area contributed by atoms with Crippen molar-refractivity contribution in [3.8, 4) is 11.4 Å². The topological polar surface area (TPSA) is 88.4 Å². The standard InChI is InChI=1S/C28H33N5O3S/c1-27(2,17-32-23(34)20-14-10-11-15-21(20)24(32)35)16-28(3,4)18-37-25-29-22(19-12-8-7-9-13-19)33(30-25)26(36)31(5)6/h7-15H,16-18H2,1-6H3. The maximum atomic E-state index is 12.9. The molecule has 3 amide bonds. The molecule has 0 fully saturated rings. The molecule has 0 bridgehead atoms. The van der Waals surface area contributed by atoms with Crippen LogP contribution in [0.2, 0.25) is 0 Å². The van der Waals surface area contributed by atoms with Crippen LogP contribution in [0.25, 0.3) is 11.4 Å². The van der Waals surface area contributed by atoms with E-state index in [4.69, 9.17) is 0 Å². The second-order valence-corrected chi connectivity index (χ2v) is 12.2. The summed E-state index contributed by atoms with van der Waals surface area (Å²) in [5.74, 6) is 0.752. The molecule has 0 saturated heterocycles. The molecule has 37 heavy (non-hydrogen) atoms. The van der Waals surface area contributed by atoms with Crippen molar-refractivity contribution in [1.82, 2.24) is 24.6 Å². The molecule has 0 radical (unpaired) electrons. The van der Waals surface area contributed by atoms with E-state index in [1.165, 1.54) is 26.2 Å². The number of fused-ring (bicyclic) bond motifs is 1. The fourth-order valence-electron chi connectivity index (χ4n) is 4.92. The highest BCUT2D eigenvalue weighted by Crippen LogP contribution is 2.39. The molecule has 1 aromatic heterocycles. The van der Waals surface area contributed by atoms with Crippen LogP contribution >= 0.6 is 11.8 Å². The summed E-state index contributed by atoms with van der Waals surface area (Å²) in [7, 11) is 3.37. The average Bonchev–Trinajstić information content (AvgIpc) is 3.38. The quantitative estimate of drug-likeness (QED) is 0.296. The molecule has 0 spiro atoms. The fraction of sp³-hybridized carbons (Fsp3) is 0.393. The minimum absolute atomic E-state index is 0.156. The lowest BCUT2D eigenvalue weighted by molar-refractivity contribution is 0.0555. The summed E-state index contributed by atoms with van der Waals surface area (Å²) in [5.41, 5.74) is 1.30. The van der Waals surface area contributed by atoms with Gasteiger partial charge in [0.2, 0.25) is 5.16 Å². The zero-order valence-corrected chi connectivity index (χ0v) is 23.0. The number of hydrogen-bond acceptors (Lipinski definition) is 6. The molecular formula is C28H33N5O3S. The van der Waals surface area contributed by atoms with E-state index in [-0.39, 0.29) is 28.7 Å². The average molecular weight is 520 g/mol. The van der Waals surface area contributed by atoms with E-state index in [1.807, 2.05) is 30.3 Å². The van der Waals surface area contributed by atoms with Crippen LogP contribution in [0.3, 0.4) is 0 Å². The lowest BCUT2D eigenvalue weighted by atomic mass is 9.76. The lowest BCUT2D eigenvalue weighted by Gasteiger charge is -2.36. The number of aromatic nitrogens is 3. The number of benzene rings is 2. The maximum absolute atomic E-state index is 12.9. The molecule has 4 rings (SSSR count). The zero-order valence-electron chi connectivity index (χ0n) is 22.2. The molecule has 0 unspecified atom stereocenters. The Morgan fingerprint density at radius 2 is 1.46 bits per heavy atom. The summed E-state index contributed by atoms with van der Waals surface area (Å²) >= 11 is 1.50. The van der Waals surface area contributed by atoms with Crippen molar-refractivity contribution in [2.75, 3.05) is 26.4 Å². The SMILES string of the molecule is CN(C)C(=O)n1nc(SCC(C)(C)CC(C)(C)CN2C(=O)c3ccccc3C2=O)nc1-c1ccccc1. The van der Waals surface area contributed by atoms with Crippen LogP contribution in [-0.4, -0.2) is 68.8 Å². The van der Waals surface area contributed by atoms with Gasteiger partial charge in [0.05, 0.1) is 11.1 Å². The van der Waals surface area contributed by atoms with Crippen LogP contribution in [-0.2, 0) is 0 Å². The van der Waals surface area contributed by atoms with Crippen LogP contribution in [0.1, 0.15) is 54.8 Å². The van der Waals surface area contributed by atoms with Crippen molar-refractivity contribution < 1.29 is 14.4 Å². The molecule has 9 heteroatoms. The highest BCUT2D eigenvalue weighted by atomic mass is 32.2. The van der Waals surface area contributed by atoms with E-state index in [2.05, 4.69) is 37.8 Å². The van der Waals surface area contributed by atoms with Crippen molar-refractivity contribution in [1.29, 1.82) is 0 Å². The monoisotopic (exact) mass is 519 g/mol. The maximum Gasteiger partial charge on any atom is 0.346 e. The number of nitrogens with zero attached hydrogens (tertiary/aromatic N) is 5.